The molecule has 0 radical (unpaired) electrons. The Morgan fingerprint density at radius 2 is 1.93 bits per heavy atom. The molecule has 1 aliphatic rings. The van der Waals surface area contributed by atoms with Gasteiger partial charge in [-0.3, -0.25) is 4.99 Å². The number of nitrogens with zero attached hydrogens (tertiary/aromatic N) is 2. The van der Waals surface area contributed by atoms with Gasteiger partial charge in [0.25, 0.3) is 0 Å². The van der Waals surface area contributed by atoms with Crippen LogP contribution >= 0.6 is 24.0 Å². The SMILES string of the molecule is CCNC(=NCC(C)COCc1ccccc1)N1CCC(OCCCOC)CC1.I. The average Bonchev–Trinajstić information content (AvgIpc) is 2.75. The highest BCUT2D eigenvalue weighted by Gasteiger charge is 2.22. The van der Waals surface area contributed by atoms with Crippen LogP contribution in [-0.4, -0.2) is 70.1 Å². The Labute approximate surface area is 199 Å². The van der Waals surface area contributed by atoms with Crippen LogP contribution in [0.3, 0.4) is 0 Å². The van der Waals surface area contributed by atoms with E-state index in [9.17, 15) is 0 Å². The first-order valence-corrected chi connectivity index (χ1v) is 11.0. The number of halogens is 1. The summed E-state index contributed by atoms with van der Waals surface area (Å²) in [7, 11) is 1.73. The molecule has 0 aromatic heterocycles. The number of methoxy groups -OCH3 is 1. The van der Waals surface area contributed by atoms with E-state index in [1.54, 1.807) is 7.11 Å². The minimum absolute atomic E-state index is 0. The monoisotopic (exact) mass is 533 g/mol. The van der Waals surface area contributed by atoms with Gasteiger partial charge >= 0.3 is 0 Å². The molecule has 0 amide bonds. The summed E-state index contributed by atoms with van der Waals surface area (Å²) in [5, 5.41) is 3.44. The van der Waals surface area contributed by atoms with Crippen LogP contribution < -0.4 is 5.32 Å². The van der Waals surface area contributed by atoms with Gasteiger partial charge in [0, 0.05) is 46.5 Å². The predicted molar refractivity (Wildman–Crippen MR) is 134 cm³/mol. The van der Waals surface area contributed by atoms with Gasteiger partial charge in [-0.05, 0) is 37.7 Å². The summed E-state index contributed by atoms with van der Waals surface area (Å²) >= 11 is 0. The number of likely N-dealkylation sites (tertiary alicyclic amines) is 1. The third-order valence-electron chi connectivity index (χ3n) is 4.99. The molecule has 0 saturated carbocycles. The highest BCUT2D eigenvalue weighted by molar-refractivity contribution is 14.0. The fourth-order valence-corrected chi connectivity index (χ4v) is 3.36. The molecule has 1 aliphatic heterocycles. The minimum Gasteiger partial charge on any atom is -0.385 e. The van der Waals surface area contributed by atoms with Crippen molar-refractivity contribution in [1.82, 2.24) is 10.2 Å². The van der Waals surface area contributed by atoms with E-state index in [1.165, 1.54) is 5.56 Å². The number of piperidine rings is 1. The zero-order valence-electron chi connectivity index (χ0n) is 18.8. The van der Waals surface area contributed by atoms with Crippen molar-refractivity contribution < 1.29 is 14.2 Å². The lowest BCUT2D eigenvalue weighted by Crippen LogP contribution is -2.47. The first-order valence-electron chi connectivity index (χ1n) is 11.0. The molecular formula is C23H40IN3O3. The van der Waals surface area contributed by atoms with Crippen LogP contribution in [0.2, 0.25) is 0 Å². The van der Waals surface area contributed by atoms with E-state index in [-0.39, 0.29) is 24.0 Å². The van der Waals surface area contributed by atoms with E-state index in [4.69, 9.17) is 19.2 Å². The normalized spacial score (nSPS) is 16.2. The van der Waals surface area contributed by atoms with Crippen molar-refractivity contribution in [2.24, 2.45) is 10.9 Å². The second-order valence-corrected chi connectivity index (χ2v) is 7.70. The molecule has 1 fully saturated rings. The van der Waals surface area contributed by atoms with E-state index in [0.717, 1.165) is 71.2 Å². The molecule has 30 heavy (non-hydrogen) atoms. The molecule has 1 heterocycles. The van der Waals surface area contributed by atoms with Crippen molar-refractivity contribution in [2.75, 3.05) is 53.1 Å². The lowest BCUT2D eigenvalue weighted by molar-refractivity contribution is 0.00988. The second kappa shape index (κ2) is 16.8. The number of ether oxygens (including phenoxy) is 3. The molecule has 1 N–H and O–H groups in total. The van der Waals surface area contributed by atoms with Crippen molar-refractivity contribution in [3.05, 3.63) is 35.9 Å². The summed E-state index contributed by atoms with van der Waals surface area (Å²) in [6.45, 7) is 10.9. The van der Waals surface area contributed by atoms with E-state index in [2.05, 4.69) is 36.2 Å². The maximum absolute atomic E-state index is 5.97. The van der Waals surface area contributed by atoms with E-state index in [1.807, 2.05) is 18.2 Å². The zero-order valence-corrected chi connectivity index (χ0v) is 21.2. The Kier molecular flexibility index (Phi) is 15.2. The molecule has 0 aliphatic carbocycles. The number of rotatable bonds is 12. The third kappa shape index (κ3) is 10.9. The molecular weight excluding hydrogens is 493 g/mol. The number of hydrogen-bond acceptors (Lipinski definition) is 4. The smallest absolute Gasteiger partial charge is 0.193 e. The molecule has 7 heteroatoms. The Morgan fingerprint density at radius 1 is 1.20 bits per heavy atom. The Bertz CT molecular complexity index is 566. The van der Waals surface area contributed by atoms with E-state index >= 15 is 0 Å². The summed E-state index contributed by atoms with van der Waals surface area (Å²) in [4.78, 5) is 7.23. The molecule has 1 unspecified atom stereocenters. The van der Waals surface area contributed by atoms with Gasteiger partial charge < -0.3 is 24.4 Å². The first-order chi connectivity index (χ1) is 14.2. The van der Waals surface area contributed by atoms with E-state index in [0.29, 0.717) is 18.6 Å². The maximum Gasteiger partial charge on any atom is 0.193 e. The molecule has 0 spiro atoms. The predicted octanol–water partition coefficient (Wildman–Crippen LogP) is 3.94. The second-order valence-electron chi connectivity index (χ2n) is 7.70. The molecule has 6 nitrogen and oxygen atoms in total. The van der Waals surface area contributed by atoms with Crippen molar-refractivity contribution in [3.63, 3.8) is 0 Å². The Balaban J connectivity index is 0.00000450. The Hall–Kier alpha value is -0.900. The van der Waals surface area contributed by atoms with Gasteiger partial charge in [0.1, 0.15) is 0 Å². The van der Waals surface area contributed by atoms with Gasteiger partial charge in [0.2, 0.25) is 0 Å². The quantitative estimate of drug-likeness (QED) is 0.191. The van der Waals surface area contributed by atoms with Crippen LogP contribution in [0.5, 0.6) is 0 Å². The van der Waals surface area contributed by atoms with Gasteiger partial charge in [0.05, 0.1) is 19.3 Å². The standard InChI is InChI=1S/C23H39N3O3.HI/c1-4-24-23(26-13-11-22(12-14-26)29-16-8-15-27-3)25-17-20(2)18-28-19-21-9-6-5-7-10-21;/h5-7,9-10,20,22H,4,8,11-19H2,1-3H3,(H,24,25);1H. The number of aliphatic imine (C=N–C) groups is 1. The summed E-state index contributed by atoms with van der Waals surface area (Å²) in [6.07, 6.45) is 3.42. The zero-order chi connectivity index (χ0) is 20.7. The van der Waals surface area contributed by atoms with Crippen molar-refractivity contribution in [2.45, 2.75) is 45.8 Å². The van der Waals surface area contributed by atoms with Crippen LogP contribution in [0.25, 0.3) is 0 Å². The topological polar surface area (TPSA) is 55.3 Å². The molecule has 172 valence electrons. The summed E-state index contributed by atoms with van der Waals surface area (Å²) in [5.74, 6) is 1.40. The van der Waals surface area contributed by atoms with Crippen molar-refractivity contribution in [1.29, 1.82) is 0 Å². The average molecular weight is 533 g/mol. The van der Waals surface area contributed by atoms with Crippen molar-refractivity contribution >= 4 is 29.9 Å². The van der Waals surface area contributed by atoms with Crippen LogP contribution in [0.15, 0.2) is 35.3 Å². The molecule has 1 aromatic carbocycles. The van der Waals surface area contributed by atoms with Gasteiger partial charge in [-0.15, -0.1) is 24.0 Å². The lowest BCUT2D eigenvalue weighted by atomic mass is 10.1. The lowest BCUT2D eigenvalue weighted by Gasteiger charge is -2.34. The van der Waals surface area contributed by atoms with Gasteiger partial charge in [-0.2, -0.15) is 0 Å². The minimum atomic E-state index is 0. The molecule has 2 rings (SSSR count). The summed E-state index contributed by atoms with van der Waals surface area (Å²) < 4.78 is 16.9. The van der Waals surface area contributed by atoms with Gasteiger partial charge in [-0.25, -0.2) is 0 Å². The number of benzene rings is 1. The fraction of sp³-hybridized carbons (Fsp3) is 0.696. The third-order valence-corrected chi connectivity index (χ3v) is 4.99. The van der Waals surface area contributed by atoms with Crippen molar-refractivity contribution in [3.8, 4) is 0 Å². The summed E-state index contributed by atoms with van der Waals surface area (Å²) in [6, 6.07) is 10.3. The van der Waals surface area contributed by atoms with E-state index < -0.39 is 0 Å². The highest BCUT2D eigenvalue weighted by atomic mass is 127. The molecule has 1 aromatic rings. The maximum atomic E-state index is 5.97. The van der Waals surface area contributed by atoms with Gasteiger partial charge in [0.15, 0.2) is 5.96 Å². The van der Waals surface area contributed by atoms with Crippen LogP contribution in [0.4, 0.5) is 0 Å². The molecule has 0 bridgehead atoms. The number of guanidine groups is 1. The van der Waals surface area contributed by atoms with Crippen LogP contribution in [-0.2, 0) is 20.8 Å². The summed E-state index contributed by atoms with van der Waals surface area (Å²) in [5.41, 5.74) is 1.21. The largest absolute Gasteiger partial charge is 0.385 e. The number of hydrogen-bond donors (Lipinski definition) is 1. The van der Waals surface area contributed by atoms with Gasteiger partial charge in [-0.1, -0.05) is 37.3 Å². The highest BCUT2D eigenvalue weighted by Crippen LogP contribution is 2.14. The van der Waals surface area contributed by atoms with Crippen LogP contribution in [0, 0.1) is 5.92 Å². The Morgan fingerprint density at radius 3 is 2.60 bits per heavy atom. The fourth-order valence-electron chi connectivity index (χ4n) is 3.36. The van der Waals surface area contributed by atoms with Crippen LogP contribution in [0.1, 0.15) is 38.7 Å². The number of nitrogens with one attached hydrogen (secondary N) is 1. The molecule has 1 atom stereocenters. The molecule has 1 saturated heterocycles. The first kappa shape index (κ1) is 27.1.